The van der Waals surface area contributed by atoms with Gasteiger partial charge < -0.3 is 10.4 Å². The predicted molar refractivity (Wildman–Crippen MR) is 93.5 cm³/mol. The molecule has 0 atom stereocenters. The molecule has 142 valence electrons. The van der Waals surface area contributed by atoms with E-state index in [0.29, 0.717) is 5.02 Å². The van der Waals surface area contributed by atoms with Gasteiger partial charge in [0.2, 0.25) is 11.8 Å². The van der Waals surface area contributed by atoms with Crippen molar-refractivity contribution in [3.63, 3.8) is 0 Å². The monoisotopic (exact) mass is 399 g/mol. The SMILES string of the molecule is O=C(CC(=O)Nc1cccc(C(F)(F)F)c1)NN=Cc1cc(Cl)ccc1O. The Kier molecular flexibility index (Phi) is 6.40. The fourth-order valence-electron chi connectivity index (χ4n) is 1.97. The van der Waals surface area contributed by atoms with Crippen LogP contribution >= 0.6 is 11.6 Å². The highest BCUT2D eigenvalue weighted by Crippen LogP contribution is 2.30. The van der Waals surface area contributed by atoms with Crippen molar-refractivity contribution in [3.05, 3.63) is 58.6 Å². The molecule has 0 fully saturated rings. The number of carbonyl (C=O) groups excluding carboxylic acids is 2. The third-order valence-electron chi connectivity index (χ3n) is 3.18. The smallest absolute Gasteiger partial charge is 0.416 e. The van der Waals surface area contributed by atoms with E-state index < -0.39 is 30.0 Å². The lowest BCUT2D eigenvalue weighted by Gasteiger charge is -2.09. The lowest BCUT2D eigenvalue weighted by Crippen LogP contribution is -2.24. The Morgan fingerprint density at radius 3 is 2.59 bits per heavy atom. The molecule has 0 aromatic heterocycles. The number of aromatic hydroxyl groups is 1. The zero-order valence-corrected chi connectivity index (χ0v) is 14.3. The molecule has 0 saturated carbocycles. The van der Waals surface area contributed by atoms with Crippen LogP contribution in [0, 0.1) is 0 Å². The Labute approximate surface area is 156 Å². The topological polar surface area (TPSA) is 90.8 Å². The number of halogens is 4. The predicted octanol–water partition coefficient (Wildman–Crippen LogP) is 3.54. The number of phenols is 1. The van der Waals surface area contributed by atoms with Crippen molar-refractivity contribution in [2.75, 3.05) is 5.32 Å². The maximum Gasteiger partial charge on any atom is 0.416 e. The van der Waals surface area contributed by atoms with Crippen LogP contribution in [0.4, 0.5) is 18.9 Å². The number of hydrogen-bond donors (Lipinski definition) is 3. The molecule has 0 unspecified atom stereocenters. The Morgan fingerprint density at radius 1 is 1.15 bits per heavy atom. The summed E-state index contributed by atoms with van der Waals surface area (Å²) >= 11 is 5.76. The highest BCUT2D eigenvalue weighted by Gasteiger charge is 2.30. The minimum Gasteiger partial charge on any atom is -0.507 e. The molecule has 2 amide bonds. The number of amides is 2. The molecule has 0 radical (unpaired) electrons. The van der Waals surface area contributed by atoms with E-state index in [1.807, 2.05) is 0 Å². The number of carbonyl (C=O) groups is 2. The minimum absolute atomic E-state index is 0.0880. The van der Waals surface area contributed by atoms with Gasteiger partial charge in [0.05, 0.1) is 11.8 Å². The fourth-order valence-corrected chi connectivity index (χ4v) is 2.15. The van der Waals surface area contributed by atoms with Crippen LogP contribution < -0.4 is 10.7 Å². The molecule has 2 rings (SSSR count). The van der Waals surface area contributed by atoms with E-state index in [0.717, 1.165) is 24.4 Å². The first kappa shape index (κ1) is 20.2. The Balaban J connectivity index is 1.90. The highest BCUT2D eigenvalue weighted by atomic mass is 35.5. The summed E-state index contributed by atoms with van der Waals surface area (Å²) in [5.74, 6) is -1.72. The first-order valence-electron chi connectivity index (χ1n) is 7.42. The second-order valence-corrected chi connectivity index (χ2v) is 5.74. The van der Waals surface area contributed by atoms with E-state index in [1.165, 1.54) is 24.3 Å². The van der Waals surface area contributed by atoms with Gasteiger partial charge in [0.1, 0.15) is 12.2 Å². The Hall–Kier alpha value is -3.07. The molecular formula is C17H13ClF3N3O3. The van der Waals surface area contributed by atoms with Crippen molar-refractivity contribution in [1.82, 2.24) is 5.43 Å². The quantitative estimate of drug-likeness (QED) is 0.408. The summed E-state index contributed by atoms with van der Waals surface area (Å²) < 4.78 is 37.9. The summed E-state index contributed by atoms with van der Waals surface area (Å²) in [4.78, 5) is 23.4. The summed E-state index contributed by atoms with van der Waals surface area (Å²) in [6, 6.07) is 8.25. The van der Waals surface area contributed by atoms with E-state index in [1.54, 1.807) is 0 Å². The number of hydrogen-bond acceptors (Lipinski definition) is 4. The van der Waals surface area contributed by atoms with E-state index >= 15 is 0 Å². The van der Waals surface area contributed by atoms with Gasteiger partial charge >= 0.3 is 6.18 Å². The van der Waals surface area contributed by atoms with Gasteiger partial charge in [0, 0.05) is 16.3 Å². The molecule has 0 saturated heterocycles. The molecule has 6 nitrogen and oxygen atoms in total. The zero-order valence-electron chi connectivity index (χ0n) is 13.5. The molecule has 27 heavy (non-hydrogen) atoms. The van der Waals surface area contributed by atoms with Gasteiger partial charge in [-0.25, -0.2) is 5.43 Å². The van der Waals surface area contributed by atoms with E-state index in [2.05, 4.69) is 15.8 Å². The van der Waals surface area contributed by atoms with Gasteiger partial charge in [-0.05, 0) is 36.4 Å². The molecule has 2 aromatic carbocycles. The number of phenolic OH excluding ortho intramolecular Hbond substituents is 1. The van der Waals surface area contributed by atoms with Crippen LogP contribution in [0.3, 0.4) is 0 Å². The van der Waals surface area contributed by atoms with Gasteiger partial charge in [-0.15, -0.1) is 0 Å². The van der Waals surface area contributed by atoms with E-state index in [4.69, 9.17) is 11.6 Å². The lowest BCUT2D eigenvalue weighted by molar-refractivity contribution is -0.137. The van der Waals surface area contributed by atoms with Crippen LogP contribution in [0.25, 0.3) is 0 Å². The Morgan fingerprint density at radius 2 is 1.89 bits per heavy atom. The van der Waals surface area contributed by atoms with Crippen molar-refractivity contribution in [2.24, 2.45) is 5.10 Å². The second kappa shape index (κ2) is 8.54. The first-order chi connectivity index (χ1) is 12.6. The lowest BCUT2D eigenvalue weighted by atomic mass is 10.2. The van der Waals surface area contributed by atoms with Gasteiger partial charge in [-0.1, -0.05) is 17.7 Å². The molecule has 0 heterocycles. The largest absolute Gasteiger partial charge is 0.507 e. The molecule has 0 aliphatic rings. The molecular weight excluding hydrogens is 387 g/mol. The molecule has 10 heteroatoms. The number of nitrogens with zero attached hydrogens (tertiary/aromatic N) is 1. The van der Waals surface area contributed by atoms with Gasteiger partial charge in [0.15, 0.2) is 0 Å². The van der Waals surface area contributed by atoms with Gasteiger partial charge in [0.25, 0.3) is 0 Å². The summed E-state index contributed by atoms with van der Waals surface area (Å²) in [6.45, 7) is 0. The first-order valence-corrected chi connectivity index (χ1v) is 7.80. The third kappa shape index (κ3) is 6.30. The number of anilines is 1. The van der Waals surface area contributed by atoms with Crippen molar-refractivity contribution in [2.45, 2.75) is 12.6 Å². The number of rotatable bonds is 5. The van der Waals surface area contributed by atoms with Crippen molar-refractivity contribution in [3.8, 4) is 5.75 Å². The summed E-state index contributed by atoms with van der Waals surface area (Å²) in [6.07, 6.45) is -4.07. The van der Waals surface area contributed by atoms with Crippen molar-refractivity contribution < 1.29 is 27.9 Å². The molecule has 0 bridgehead atoms. The maximum absolute atomic E-state index is 12.6. The fraction of sp³-hybridized carbons (Fsp3) is 0.118. The number of nitrogens with one attached hydrogen (secondary N) is 2. The van der Waals surface area contributed by atoms with Crippen LogP contribution in [0.5, 0.6) is 5.75 Å². The molecule has 3 N–H and O–H groups in total. The third-order valence-corrected chi connectivity index (χ3v) is 3.41. The average molecular weight is 400 g/mol. The number of hydrazone groups is 1. The van der Waals surface area contributed by atoms with E-state index in [-0.39, 0.29) is 17.0 Å². The zero-order chi connectivity index (χ0) is 20.0. The molecule has 0 aliphatic heterocycles. The molecule has 2 aromatic rings. The van der Waals surface area contributed by atoms with Crippen LogP contribution in [-0.4, -0.2) is 23.1 Å². The standard InChI is InChI=1S/C17H13ClF3N3O3/c18-12-4-5-14(25)10(6-12)9-22-24-16(27)8-15(26)23-13-3-1-2-11(7-13)17(19,20)21/h1-7,9,25H,8H2,(H,23,26)(H,24,27). The number of benzene rings is 2. The second-order valence-electron chi connectivity index (χ2n) is 5.30. The minimum atomic E-state index is -4.54. The molecule has 0 aliphatic carbocycles. The maximum atomic E-state index is 12.6. The summed E-state index contributed by atoms with van der Waals surface area (Å²) in [5.41, 5.74) is 1.30. The van der Waals surface area contributed by atoms with Crippen LogP contribution in [0.1, 0.15) is 17.5 Å². The van der Waals surface area contributed by atoms with E-state index in [9.17, 15) is 27.9 Å². The number of alkyl halides is 3. The van der Waals surface area contributed by atoms with Crippen molar-refractivity contribution >= 4 is 35.3 Å². The summed E-state index contributed by atoms with van der Waals surface area (Å²) in [7, 11) is 0. The normalized spacial score (nSPS) is 11.4. The van der Waals surface area contributed by atoms with Crippen LogP contribution in [0.15, 0.2) is 47.6 Å². The summed E-state index contributed by atoms with van der Waals surface area (Å²) in [5, 5.41) is 15.7. The molecule has 0 spiro atoms. The van der Waals surface area contributed by atoms with Crippen LogP contribution in [-0.2, 0) is 15.8 Å². The van der Waals surface area contributed by atoms with Gasteiger partial charge in [-0.3, -0.25) is 9.59 Å². The average Bonchev–Trinajstić information content (AvgIpc) is 2.57. The van der Waals surface area contributed by atoms with Crippen molar-refractivity contribution in [1.29, 1.82) is 0 Å². The van der Waals surface area contributed by atoms with Crippen LogP contribution in [0.2, 0.25) is 5.02 Å². The van der Waals surface area contributed by atoms with Gasteiger partial charge in [-0.2, -0.15) is 18.3 Å². The highest BCUT2D eigenvalue weighted by molar-refractivity contribution is 6.30. The Bertz CT molecular complexity index is 885.